The van der Waals surface area contributed by atoms with Gasteiger partial charge < -0.3 is 9.80 Å². The maximum atomic E-state index is 13.4. The summed E-state index contributed by atoms with van der Waals surface area (Å²) in [6.45, 7) is 5.80. The van der Waals surface area contributed by atoms with E-state index in [0.29, 0.717) is 13.0 Å². The average molecular weight is 504 g/mol. The van der Waals surface area contributed by atoms with Gasteiger partial charge in [0.2, 0.25) is 5.91 Å². The van der Waals surface area contributed by atoms with E-state index in [4.69, 9.17) is 5.41 Å². The number of piperazine rings is 1. The Hall–Kier alpha value is -4.11. The summed E-state index contributed by atoms with van der Waals surface area (Å²) in [5.41, 5.74) is 3.37. The number of amides is 2. The Labute approximate surface area is 214 Å². The first kappa shape index (κ1) is 26.0. The Kier molecular flexibility index (Phi) is 7.93. The van der Waals surface area contributed by atoms with E-state index < -0.39 is 24.0 Å². The maximum Gasteiger partial charge on any atom is 0.266 e. The molecule has 3 aromatic rings. The van der Waals surface area contributed by atoms with Gasteiger partial charge in [-0.3, -0.25) is 25.2 Å². The quantitative estimate of drug-likeness (QED) is 0.190. The molecule has 1 aliphatic heterocycles. The van der Waals surface area contributed by atoms with E-state index in [2.05, 4.69) is 11.7 Å². The Balaban J connectivity index is 1.50. The van der Waals surface area contributed by atoms with Crippen LogP contribution in [0.3, 0.4) is 0 Å². The highest BCUT2D eigenvalue weighted by molar-refractivity contribution is 5.95. The highest BCUT2D eigenvalue weighted by atomic mass is 19.1. The molecule has 8 nitrogen and oxygen atoms in total. The van der Waals surface area contributed by atoms with Crippen molar-refractivity contribution in [2.24, 2.45) is 4.99 Å². The van der Waals surface area contributed by atoms with Crippen molar-refractivity contribution in [1.29, 1.82) is 5.41 Å². The fourth-order valence-corrected chi connectivity index (χ4v) is 4.82. The Morgan fingerprint density at radius 2 is 1.78 bits per heavy atom. The predicted molar refractivity (Wildman–Crippen MR) is 140 cm³/mol. The van der Waals surface area contributed by atoms with E-state index in [1.807, 2.05) is 42.5 Å². The lowest BCUT2D eigenvalue weighted by Gasteiger charge is -2.43. The van der Waals surface area contributed by atoms with Crippen LogP contribution in [0.2, 0.25) is 0 Å². The lowest BCUT2D eigenvalue weighted by molar-refractivity contribution is -0.149. The van der Waals surface area contributed by atoms with Crippen molar-refractivity contribution in [2.75, 3.05) is 13.1 Å². The Morgan fingerprint density at radius 3 is 2.46 bits per heavy atom. The molecule has 0 radical (unpaired) electrons. The summed E-state index contributed by atoms with van der Waals surface area (Å²) in [6.07, 6.45) is 0.579. The highest BCUT2D eigenvalue weighted by Gasteiger charge is 2.40. The van der Waals surface area contributed by atoms with Crippen LogP contribution in [-0.4, -0.2) is 70.6 Å². The summed E-state index contributed by atoms with van der Waals surface area (Å²) in [6, 6.07) is 17.5. The van der Waals surface area contributed by atoms with Gasteiger partial charge in [0.15, 0.2) is 0 Å². The van der Waals surface area contributed by atoms with E-state index in [9.17, 15) is 19.2 Å². The first-order valence-corrected chi connectivity index (χ1v) is 12.1. The average Bonchev–Trinajstić information content (AvgIpc) is 2.92. The Morgan fingerprint density at radius 1 is 1.11 bits per heavy atom. The van der Waals surface area contributed by atoms with Gasteiger partial charge in [0.05, 0.1) is 0 Å². The van der Waals surface area contributed by atoms with E-state index in [0.717, 1.165) is 21.9 Å². The van der Waals surface area contributed by atoms with Crippen LogP contribution >= 0.6 is 0 Å². The van der Waals surface area contributed by atoms with Gasteiger partial charge in [-0.2, -0.15) is 0 Å². The van der Waals surface area contributed by atoms with Gasteiger partial charge in [-0.05, 0) is 47.7 Å². The molecule has 192 valence electrons. The number of aliphatic imine (C=N–C) groups is 1. The largest absolute Gasteiger partial charge is 0.345 e. The molecule has 0 spiro atoms. The molecule has 3 unspecified atom stereocenters. The van der Waals surface area contributed by atoms with Crippen LogP contribution in [0.1, 0.15) is 18.1 Å². The number of nitrogens with zero attached hydrogens (tertiary/aromatic N) is 3. The summed E-state index contributed by atoms with van der Waals surface area (Å²) in [7, 11) is 0. The van der Waals surface area contributed by atoms with Crippen LogP contribution < -0.4 is 5.48 Å². The molecule has 1 fully saturated rings. The topological polar surface area (TPSA) is 109 Å². The zero-order chi connectivity index (χ0) is 26.5. The van der Waals surface area contributed by atoms with Crippen LogP contribution in [0.4, 0.5) is 4.39 Å². The molecule has 1 aliphatic rings. The van der Waals surface area contributed by atoms with Gasteiger partial charge >= 0.3 is 0 Å². The minimum Gasteiger partial charge on any atom is -0.345 e. The van der Waals surface area contributed by atoms with Gasteiger partial charge in [-0.1, -0.05) is 54.6 Å². The van der Waals surface area contributed by atoms with Gasteiger partial charge in [-0.25, -0.2) is 9.87 Å². The number of nitrogens with one attached hydrogen (secondary N) is 2. The molecule has 3 atom stereocenters. The molecule has 0 aromatic heterocycles. The first-order chi connectivity index (χ1) is 17.8. The summed E-state index contributed by atoms with van der Waals surface area (Å²) in [5, 5.41) is 20.2. The molecule has 9 heteroatoms. The fourth-order valence-electron chi connectivity index (χ4n) is 4.82. The molecule has 37 heavy (non-hydrogen) atoms. The van der Waals surface area contributed by atoms with Crippen molar-refractivity contribution in [3.63, 3.8) is 0 Å². The minimum atomic E-state index is -0.912. The monoisotopic (exact) mass is 503 g/mol. The number of fused-ring (bicyclic) bond motifs is 1. The van der Waals surface area contributed by atoms with Crippen LogP contribution in [0.5, 0.6) is 0 Å². The number of hydrogen-bond acceptors (Lipinski definition) is 5. The number of hydrogen-bond donors (Lipinski definition) is 3. The molecule has 4 rings (SSSR count). The molecule has 3 aromatic carbocycles. The van der Waals surface area contributed by atoms with E-state index in [1.54, 1.807) is 29.4 Å². The smallest absolute Gasteiger partial charge is 0.266 e. The third kappa shape index (κ3) is 5.67. The zero-order valence-corrected chi connectivity index (χ0v) is 20.6. The lowest BCUT2D eigenvalue weighted by atomic mass is 9.98. The second-order valence-corrected chi connectivity index (χ2v) is 9.19. The molecular formula is C28H30FN5O3. The maximum absolute atomic E-state index is 13.4. The molecule has 0 bridgehead atoms. The van der Waals surface area contributed by atoms with Gasteiger partial charge in [0, 0.05) is 25.9 Å². The SMILES string of the molecule is C=NC(Cc1ccc(F)cc1)C(=N)N1CCN(C(Cc2ccc3ccccc3c2)C(=O)NO)C(=O)C1C. The van der Waals surface area contributed by atoms with Crippen molar-refractivity contribution >= 4 is 35.1 Å². The van der Waals surface area contributed by atoms with Gasteiger partial charge in [0.25, 0.3) is 5.91 Å². The number of rotatable bonds is 8. The lowest BCUT2D eigenvalue weighted by Crippen LogP contribution is -2.63. The first-order valence-electron chi connectivity index (χ1n) is 12.1. The molecule has 3 N–H and O–H groups in total. The van der Waals surface area contributed by atoms with Crippen LogP contribution in [0, 0.1) is 11.2 Å². The normalized spacial score (nSPS) is 17.4. The van der Waals surface area contributed by atoms with E-state index in [-0.39, 0.29) is 30.5 Å². The van der Waals surface area contributed by atoms with E-state index >= 15 is 0 Å². The number of benzene rings is 3. The third-order valence-electron chi connectivity index (χ3n) is 6.91. The van der Waals surface area contributed by atoms with Crippen molar-refractivity contribution in [3.8, 4) is 0 Å². The van der Waals surface area contributed by atoms with Crippen molar-refractivity contribution in [3.05, 3.63) is 83.7 Å². The number of amidine groups is 1. The van der Waals surface area contributed by atoms with Gasteiger partial charge in [0.1, 0.15) is 29.8 Å². The number of halogens is 1. The molecule has 1 heterocycles. The van der Waals surface area contributed by atoms with Crippen molar-refractivity contribution in [2.45, 2.75) is 37.9 Å². The van der Waals surface area contributed by atoms with Crippen molar-refractivity contribution in [1.82, 2.24) is 15.3 Å². The number of carbonyl (C=O) groups excluding carboxylic acids is 2. The van der Waals surface area contributed by atoms with Crippen LogP contribution in [0.15, 0.2) is 71.7 Å². The fraction of sp³-hybridized carbons (Fsp3) is 0.286. The second-order valence-electron chi connectivity index (χ2n) is 9.19. The summed E-state index contributed by atoms with van der Waals surface area (Å²) in [5.74, 6) is -1.20. The summed E-state index contributed by atoms with van der Waals surface area (Å²) >= 11 is 0. The molecule has 0 aliphatic carbocycles. The molecule has 1 saturated heterocycles. The van der Waals surface area contributed by atoms with Crippen LogP contribution in [-0.2, 0) is 22.4 Å². The minimum absolute atomic E-state index is 0.137. The molecular weight excluding hydrogens is 473 g/mol. The number of carbonyl (C=O) groups is 2. The number of hydroxylamine groups is 1. The second kappa shape index (κ2) is 11.3. The zero-order valence-electron chi connectivity index (χ0n) is 20.6. The van der Waals surface area contributed by atoms with Gasteiger partial charge in [-0.15, -0.1) is 0 Å². The van der Waals surface area contributed by atoms with Crippen LogP contribution in [0.25, 0.3) is 10.8 Å². The van der Waals surface area contributed by atoms with Crippen molar-refractivity contribution < 1.29 is 19.2 Å². The summed E-state index contributed by atoms with van der Waals surface area (Å²) < 4.78 is 13.3. The summed E-state index contributed by atoms with van der Waals surface area (Å²) in [4.78, 5) is 33.3. The highest BCUT2D eigenvalue weighted by Crippen LogP contribution is 2.22. The predicted octanol–water partition coefficient (Wildman–Crippen LogP) is 3.22. The molecule has 0 saturated carbocycles. The Bertz CT molecular complexity index is 1310. The standard InChI is InChI=1S/C28H30FN5O3/c1-18-28(36)34(14-13-33(18)26(30)24(31-2)16-19-8-11-23(29)12-9-19)25(27(35)32-37)17-20-7-10-21-5-3-4-6-22(21)15-20/h3-12,15,18,24-25,30,37H,2,13-14,16-17H2,1H3,(H,32,35). The third-order valence-corrected chi connectivity index (χ3v) is 6.91. The molecule has 2 amide bonds. The van der Waals surface area contributed by atoms with E-state index in [1.165, 1.54) is 17.0 Å².